The van der Waals surface area contributed by atoms with Gasteiger partial charge in [0.15, 0.2) is 0 Å². The molecule has 6 heterocycles. The number of fused-ring (bicyclic) bond motifs is 14. The van der Waals surface area contributed by atoms with E-state index in [2.05, 4.69) is 157 Å². The largest absolute Gasteiger partial charge is 0.310 e. The number of para-hydroxylation sites is 2. The highest BCUT2D eigenvalue weighted by molar-refractivity contribution is 7.30. The highest BCUT2D eigenvalue weighted by Crippen LogP contribution is 2.57. The first-order valence-corrected chi connectivity index (χ1v) is 36.0. The lowest BCUT2D eigenvalue weighted by atomic mass is 9.33. The van der Waals surface area contributed by atoms with Gasteiger partial charge in [0, 0.05) is 92.7 Å². The molecule has 4 nitrogen and oxygen atoms in total. The second-order valence-electron chi connectivity index (χ2n) is 29.7. The number of nitrogens with zero attached hydrogens (tertiary/aromatic N) is 4. The number of rotatable bonds is 8. The fourth-order valence-corrected chi connectivity index (χ4v) is 17.9. The summed E-state index contributed by atoms with van der Waals surface area (Å²) in [6, 6.07) is 62.5. The van der Waals surface area contributed by atoms with E-state index in [9.17, 15) is 16.4 Å². The van der Waals surface area contributed by atoms with Crippen LogP contribution in [0.5, 0.6) is 0 Å². The molecule has 2 aliphatic rings. The fourth-order valence-electron chi connectivity index (χ4n) is 15.4. The molecule has 2 aliphatic heterocycles. The van der Waals surface area contributed by atoms with Crippen molar-refractivity contribution in [1.29, 1.82) is 0 Å². The summed E-state index contributed by atoms with van der Waals surface area (Å²) in [4.78, 5) is 4.99. The van der Waals surface area contributed by atoms with Crippen LogP contribution in [0, 0.1) is 0 Å². The lowest BCUT2D eigenvalue weighted by Gasteiger charge is -2.47. The van der Waals surface area contributed by atoms with Gasteiger partial charge in [-0.3, -0.25) is 4.57 Å². The Kier molecular flexibility index (Phi) is 10.8. The highest BCUT2D eigenvalue weighted by Gasteiger charge is 2.47. The van der Waals surface area contributed by atoms with Gasteiger partial charge in [0.25, 0.3) is 6.71 Å². The number of anilines is 6. The maximum Gasteiger partial charge on any atom is 0.252 e. The zero-order chi connectivity index (χ0) is 80.6. The van der Waals surface area contributed by atoms with Crippen LogP contribution in [0.4, 0.5) is 34.1 Å². The monoisotopic (exact) mass is 1350 g/mol. The molecule has 0 spiro atoms. The zero-order valence-corrected chi connectivity index (χ0v) is 58.9. The van der Waals surface area contributed by atoms with E-state index in [1.54, 1.807) is 22.7 Å². The number of hydrogen-bond donors (Lipinski definition) is 0. The van der Waals surface area contributed by atoms with Crippen molar-refractivity contribution < 1.29 is 19.2 Å². The first-order chi connectivity index (χ1) is 54.9. The van der Waals surface area contributed by atoms with Gasteiger partial charge in [-0.05, 0) is 156 Å². The van der Waals surface area contributed by atoms with E-state index < -0.39 is 95.1 Å². The summed E-state index contributed by atoms with van der Waals surface area (Å²) >= 11 is 3.21. The van der Waals surface area contributed by atoms with Gasteiger partial charge < -0.3 is 14.4 Å². The molecule has 0 N–H and O–H groups in total. The Morgan fingerprint density at radius 3 is 1.17 bits per heavy atom. The molecule has 0 amide bonds. The second-order valence-corrected chi connectivity index (χ2v) is 31.8. The molecule has 0 atom stereocenters. The van der Waals surface area contributed by atoms with Crippen LogP contribution in [0.3, 0.4) is 0 Å². The van der Waals surface area contributed by atoms with E-state index in [0.717, 1.165) is 90.7 Å². The molecule has 0 unspecified atom stereocenters. The average Bonchev–Trinajstić information content (AvgIpc) is 1.35. The quantitative estimate of drug-likeness (QED) is 0.141. The molecule has 486 valence electrons. The summed E-state index contributed by atoms with van der Waals surface area (Å²) in [6.07, 6.45) is 0. The number of thiophene rings is 2. The Morgan fingerprint density at radius 1 is 0.356 bits per heavy atom. The van der Waals surface area contributed by atoms with Crippen LogP contribution in [0.15, 0.2) is 291 Å². The van der Waals surface area contributed by atoms with Crippen LogP contribution in [0.1, 0.15) is 98.2 Å². The van der Waals surface area contributed by atoms with Gasteiger partial charge in [-0.2, -0.15) is 0 Å². The fraction of sp³-hybridized carbons (Fsp3) is 0.128. The number of aromatic nitrogens is 2. The maximum absolute atomic E-state index is 11.9. The van der Waals surface area contributed by atoms with E-state index in [4.69, 9.17) is 2.74 Å². The molecular formula is C94H75BN4S2. The number of hydrogen-bond acceptors (Lipinski definition) is 4. The van der Waals surface area contributed by atoms with Crippen LogP contribution < -0.4 is 26.2 Å². The molecule has 0 fully saturated rings. The van der Waals surface area contributed by atoms with Gasteiger partial charge in [0.2, 0.25) is 0 Å². The molecule has 19 rings (SSSR count). The van der Waals surface area contributed by atoms with Crippen molar-refractivity contribution in [2.45, 2.75) is 78.6 Å². The predicted octanol–water partition coefficient (Wildman–Crippen LogP) is 25.0. The summed E-state index contributed by atoms with van der Waals surface area (Å²) in [7, 11) is 0. The van der Waals surface area contributed by atoms with Crippen molar-refractivity contribution in [2.24, 2.45) is 0 Å². The molecule has 0 bridgehead atoms. The molecule has 13 aromatic carbocycles. The first-order valence-electron chi connectivity index (χ1n) is 41.4. The van der Waals surface area contributed by atoms with Crippen LogP contribution >= 0.6 is 22.7 Å². The van der Waals surface area contributed by atoms with Gasteiger partial charge in [-0.1, -0.05) is 268 Å². The molecule has 4 aromatic heterocycles. The Bertz CT molecular complexity index is 6900. The van der Waals surface area contributed by atoms with Gasteiger partial charge in [0.1, 0.15) is 4.83 Å². The Hall–Kier alpha value is -11.0. The van der Waals surface area contributed by atoms with Crippen LogP contribution in [0.2, 0.25) is 0 Å². The summed E-state index contributed by atoms with van der Waals surface area (Å²) in [5.41, 5.74) is 10.4. The second kappa shape index (κ2) is 22.8. The van der Waals surface area contributed by atoms with E-state index in [0.29, 0.717) is 39.3 Å². The van der Waals surface area contributed by atoms with Crippen LogP contribution in [-0.4, -0.2) is 15.8 Å². The third-order valence-electron chi connectivity index (χ3n) is 20.4. The Morgan fingerprint density at radius 2 is 0.733 bits per heavy atom. The smallest absolute Gasteiger partial charge is 0.252 e. The van der Waals surface area contributed by atoms with Crippen molar-refractivity contribution in [3.8, 4) is 55.9 Å². The predicted molar refractivity (Wildman–Crippen MR) is 438 cm³/mol. The molecule has 0 saturated heterocycles. The standard InChI is InChI=1S/C94H75BN4S2/c1-92(2,3)62-50-71(58-30-14-10-15-31-58)87(72(51-62)59-32-16-11-17-33-59)98-79-56-65(96-77-42-26-22-38-67(77)68-39-23-27-43-78(68)96)46-48-75(79)95-76-49-47-66(97-89-70-41-25-29-45-84(70)100-90(89)85-69-40-24-28-44-83(69)101-91(85)97)57-80(76)99(82-55-64(94(7,8)9)54-81(98)86(82)95)88-73(60-34-18-12-19-35-60)52-63(93(4,5)6)53-74(88)61-36-20-13-21-37-61/h10-57H,1-9H3/i22D,23D,26D,27D,38D,39D,42D,43D,46D,47D,48D,49D,56D,57D. The molecule has 101 heavy (non-hydrogen) atoms. The molecule has 0 aliphatic carbocycles. The molecule has 0 saturated carbocycles. The average molecular weight is 1350 g/mol. The molecule has 7 heteroatoms. The van der Waals surface area contributed by atoms with Gasteiger partial charge in [-0.25, -0.2) is 0 Å². The van der Waals surface area contributed by atoms with Crippen molar-refractivity contribution in [3.05, 3.63) is 308 Å². The summed E-state index contributed by atoms with van der Waals surface area (Å²) in [6.45, 7) is 18.1. The Labute approximate surface area is 619 Å². The summed E-state index contributed by atoms with van der Waals surface area (Å²) in [5, 5.41) is 2.36. The van der Waals surface area contributed by atoms with E-state index >= 15 is 0 Å². The third-order valence-corrected chi connectivity index (χ3v) is 22.8. The van der Waals surface area contributed by atoms with Crippen molar-refractivity contribution >= 4 is 142 Å². The van der Waals surface area contributed by atoms with Crippen molar-refractivity contribution in [2.75, 3.05) is 9.80 Å². The summed E-state index contributed by atoms with van der Waals surface area (Å²) < 4.78 is 151. The Balaban J connectivity index is 1.08. The van der Waals surface area contributed by atoms with Gasteiger partial charge in [-0.15, -0.1) is 22.7 Å². The van der Waals surface area contributed by atoms with E-state index in [1.807, 2.05) is 126 Å². The minimum absolute atomic E-state index is 0.00862. The van der Waals surface area contributed by atoms with E-state index in [-0.39, 0.29) is 67.9 Å². The lowest BCUT2D eigenvalue weighted by Crippen LogP contribution is -2.61. The zero-order valence-electron chi connectivity index (χ0n) is 71.3. The van der Waals surface area contributed by atoms with Crippen LogP contribution in [-0.2, 0) is 16.2 Å². The molecule has 17 aromatic rings. The highest BCUT2D eigenvalue weighted by atomic mass is 32.1. The van der Waals surface area contributed by atoms with Crippen molar-refractivity contribution in [1.82, 2.24) is 9.13 Å². The van der Waals surface area contributed by atoms with Crippen LogP contribution in [0.25, 0.3) is 118 Å². The van der Waals surface area contributed by atoms with Gasteiger partial charge in [0.05, 0.1) is 51.8 Å². The minimum atomic E-state index is -1.38. The first kappa shape index (κ1) is 47.9. The summed E-state index contributed by atoms with van der Waals surface area (Å²) in [5.74, 6) is 0. The molecule has 0 radical (unpaired) electrons. The minimum Gasteiger partial charge on any atom is -0.310 e. The third kappa shape index (κ3) is 9.60. The van der Waals surface area contributed by atoms with Gasteiger partial charge >= 0.3 is 0 Å². The number of benzene rings is 13. The lowest BCUT2D eigenvalue weighted by molar-refractivity contribution is 0.590. The topological polar surface area (TPSA) is 16.3 Å². The van der Waals surface area contributed by atoms with E-state index in [1.165, 1.54) is 4.57 Å². The molecular weight excluding hydrogens is 1260 g/mol. The normalized spacial score (nSPS) is 15.1. The SMILES string of the molecule is [2H]c1c([2H])c(-n2c3c([2H])c([2H])c([2H])c([2H])c3c3c([2H])c([2H])c([2H])c([2H])c32)c([2H])c2c1B1c3c(cc(C(C)(C)C)cc3N(c3c(-c4ccccc4)cc(C(C)(C)C)cc3-c3ccccc3)c3c([2H])c(-n4c5sc6ccccc6c5c5sc6ccccc6c54)c([2H])c([2H])c31)N2c1c(-c2ccccc2)cc(C(C)(C)C)cc1-c1ccccc1. The van der Waals surface area contributed by atoms with Crippen molar-refractivity contribution in [3.63, 3.8) is 0 Å². The maximum atomic E-state index is 11.9.